The van der Waals surface area contributed by atoms with Crippen LogP contribution >= 0.6 is 23.1 Å². The number of nitriles is 1. The van der Waals surface area contributed by atoms with Crippen LogP contribution in [0.3, 0.4) is 0 Å². The number of benzene rings is 2. The number of Topliss-reactive ketones (excluding diaryl/α,β-unsaturated/α-hetero) is 1. The molecule has 3 aromatic rings. The zero-order chi connectivity index (χ0) is 27.4. The Morgan fingerprint density at radius 1 is 1.18 bits per heavy atom. The van der Waals surface area contributed by atoms with E-state index in [2.05, 4.69) is 21.6 Å². The number of amides is 1. The van der Waals surface area contributed by atoms with E-state index in [9.17, 15) is 14.9 Å². The van der Waals surface area contributed by atoms with Gasteiger partial charge in [-0.05, 0) is 42.9 Å². The molecule has 0 fully saturated rings. The summed E-state index contributed by atoms with van der Waals surface area (Å²) in [6.45, 7) is 2.54. The number of hydrogen-bond acceptors (Lipinski definition) is 9. The van der Waals surface area contributed by atoms with Crippen LogP contribution in [0, 0.1) is 18.3 Å². The second kappa shape index (κ2) is 11.8. The number of aromatic nitrogens is 2. The first-order chi connectivity index (χ1) is 19.0. The molecule has 0 radical (unpaired) electrons. The first-order valence-corrected chi connectivity index (χ1v) is 14.6. The SMILES string of the molecule is Cc1ccccc1C1C(C#N)=C(N)N(c2nnc(SCC(=O)NCCc3ccccc3)s2)C2=C1C(=O)CCC2. The van der Waals surface area contributed by atoms with E-state index in [1.807, 2.05) is 61.5 Å². The first-order valence-electron chi connectivity index (χ1n) is 12.8. The van der Waals surface area contributed by atoms with Gasteiger partial charge >= 0.3 is 0 Å². The van der Waals surface area contributed by atoms with Crippen LogP contribution in [0.1, 0.15) is 41.9 Å². The third-order valence-electron chi connectivity index (χ3n) is 6.91. The number of anilines is 1. The summed E-state index contributed by atoms with van der Waals surface area (Å²) >= 11 is 2.59. The van der Waals surface area contributed by atoms with Crippen LogP contribution in [-0.4, -0.2) is 34.2 Å². The molecule has 2 aliphatic rings. The highest BCUT2D eigenvalue weighted by Crippen LogP contribution is 2.47. The average Bonchev–Trinajstić information content (AvgIpc) is 3.41. The highest BCUT2D eigenvalue weighted by atomic mass is 32.2. The van der Waals surface area contributed by atoms with Crippen molar-refractivity contribution in [1.29, 1.82) is 5.26 Å². The second-order valence-corrected chi connectivity index (χ2v) is 11.6. The van der Waals surface area contributed by atoms with Crippen molar-refractivity contribution in [3.8, 4) is 6.07 Å². The Bertz CT molecular complexity index is 1510. The Labute approximate surface area is 235 Å². The number of thioether (sulfide) groups is 1. The van der Waals surface area contributed by atoms with Gasteiger partial charge in [-0.2, -0.15) is 5.26 Å². The molecule has 1 aliphatic heterocycles. The maximum atomic E-state index is 13.3. The van der Waals surface area contributed by atoms with Crippen LogP contribution in [-0.2, 0) is 16.0 Å². The lowest BCUT2D eigenvalue weighted by molar-refractivity contribution is -0.118. The van der Waals surface area contributed by atoms with Gasteiger partial charge in [0.2, 0.25) is 11.0 Å². The number of hydrogen-bond donors (Lipinski definition) is 2. The van der Waals surface area contributed by atoms with Gasteiger partial charge in [0.05, 0.1) is 23.3 Å². The molecule has 0 saturated heterocycles. The number of carbonyl (C=O) groups excluding carboxylic acids is 2. The largest absolute Gasteiger partial charge is 0.384 e. The van der Waals surface area contributed by atoms with Gasteiger partial charge in [0.25, 0.3) is 0 Å². The van der Waals surface area contributed by atoms with Crippen LogP contribution in [0.4, 0.5) is 5.13 Å². The van der Waals surface area contributed by atoms with Crippen molar-refractivity contribution in [2.45, 2.75) is 42.9 Å². The fourth-order valence-electron chi connectivity index (χ4n) is 5.05. The molecule has 10 heteroatoms. The Kier molecular flexibility index (Phi) is 8.10. The Hall–Kier alpha value is -3.94. The highest BCUT2D eigenvalue weighted by molar-refractivity contribution is 8.01. The predicted octanol–water partition coefficient (Wildman–Crippen LogP) is 4.60. The summed E-state index contributed by atoms with van der Waals surface area (Å²) in [6, 6.07) is 20.1. The quantitative estimate of drug-likeness (QED) is 0.386. The molecular weight excluding hydrogens is 528 g/mol. The Balaban J connectivity index is 1.35. The maximum absolute atomic E-state index is 13.3. The zero-order valence-corrected chi connectivity index (χ0v) is 23.1. The van der Waals surface area contributed by atoms with Gasteiger partial charge in [0, 0.05) is 24.2 Å². The molecule has 1 aliphatic carbocycles. The summed E-state index contributed by atoms with van der Waals surface area (Å²) < 4.78 is 0.611. The van der Waals surface area contributed by atoms with Gasteiger partial charge in [0.1, 0.15) is 5.82 Å². The number of nitrogens with two attached hydrogens (primary N) is 1. The lowest BCUT2D eigenvalue weighted by Gasteiger charge is -2.38. The molecular formula is C29H28N6O2S2. The monoisotopic (exact) mass is 556 g/mol. The molecule has 39 heavy (non-hydrogen) atoms. The summed E-state index contributed by atoms with van der Waals surface area (Å²) in [5, 5.41) is 22.2. The number of aryl methyl sites for hydroxylation is 1. The van der Waals surface area contributed by atoms with Gasteiger partial charge in [-0.3, -0.25) is 14.5 Å². The van der Waals surface area contributed by atoms with Gasteiger partial charge in [0.15, 0.2) is 10.1 Å². The van der Waals surface area contributed by atoms with Crippen molar-refractivity contribution in [3.05, 3.63) is 94.0 Å². The lowest BCUT2D eigenvalue weighted by atomic mass is 9.75. The van der Waals surface area contributed by atoms with Crippen molar-refractivity contribution < 1.29 is 9.59 Å². The van der Waals surface area contributed by atoms with E-state index < -0.39 is 5.92 Å². The zero-order valence-electron chi connectivity index (χ0n) is 21.5. The molecule has 2 aromatic carbocycles. The number of rotatable bonds is 8. The Morgan fingerprint density at radius 2 is 1.95 bits per heavy atom. The topological polar surface area (TPSA) is 125 Å². The Morgan fingerprint density at radius 3 is 2.72 bits per heavy atom. The predicted molar refractivity (Wildman–Crippen MR) is 153 cm³/mol. The molecule has 1 aromatic heterocycles. The minimum Gasteiger partial charge on any atom is -0.384 e. The van der Waals surface area contributed by atoms with E-state index in [1.54, 1.807) is 4.90 Å². The van der Waals surface area contributed by atoms with Crippen molar-refractivity contribution in [1.82, 2.24) is 15.5 Å². The van der Waals surface area contributed by atoms with Crippen molar-refractivity contribution in [2.24, 2.45) is 5.73 Å². The van der Waals surface area contributed by atoms with E-state index in [1.165, 1.54) is 28.7 Å². The van der Waals surface area contributed by atoms with Crippen LogP contribution in [0.15, 0.2) is 81.6 Å². The van der Waals surface area contributed by atoms with E-state index >= 15 is 0 Å². The normalized spacial score (nSPS) is 17.2. The van der Waals surface area contributed by atoms with E-state index in [0.29, 0.717) is 46.4 Å². The third kappa shape index (κ3) is 5.60. The molecule has 0 bridgehead atoms. The molecule has 198 valence electrons. The summed E-state index contributed by atoms with van der Waals surface area (Å²) in [4.78, 5) is 27.4. The fraction of sp³-hybridized carbons (Fsp3) is 0.276. The van der Waals surface area contributed by atoms with Crippen molar-refractivity contribution in [2.75, 3.05) is 17.2 Å². The molecule has 0 saturated carbocycles. The summed E-state index contributed by atoms with van der Waals surface area (Å²) in [5.41, 5.74) is 11.4. The molecule has 1 atom stereocenters. The number of nitrogens with one attached hydrogen (secondary N) is 1. The second-order valence-electron chi connectivity index (χ2n) is 9.40. The minimum absolute atomic E-state index is 0.0287. The van der Waals surface area contributed by atoms with Gasteiger partial charge in [-0.1, -0.05) is 77.7 Å². The molecule has 2 heterocycles. The van der Waals surface area contributed by atoms with Crippen LogP contribution < -0.4 is 16.0 Å². The van der Waals surface area contributed by atoms with E-state index in [-0.39, 0.29) is 23.3 Å². The molecule has 3 N–H and O–H groups in total. The van der Waals surface area contributed by atoms with Gasteiger partial charge in [-0.15, -0.1) is 10.2 Å². The number of ketones is 1. The number of carbonyl (C=O) groups is 2. The lowest BCUT2D eigenvalue weighted by Crippen LogP contribution is -2.38. The van der Waals surface area contributed by atoms with Crippen molar-refractivity contribution >= 4 is 39.9 Å². The molecule has 1 unspecified atom stereocenters. The van der Waals surface area contributed by atoms with E-state index in [4.69, 9.17) is 5.73 Å². The highest BCUT2D eigenvalue weighted by Gasteiger charge is 2.41. The molecule has 8 nitrogen and oxygen atoms in total. The van der Waals surface area contributed by atoms with Crippen LogP contribution in [0.2, 0.25) is 0 Å². The summed E-state index contributed by atoms with van der Waals surface area (Å²) in [7, 11) is 0. The minimum atomic E-state index is -0.503. The summed E-state index contributed by atoms with van der Waals surface area (Å²) in [5.74, 6) is -0.0797. The van der Waals surface area contributed by atoms with Gasteiger partial charge in [-0.25, -0.2) is 0 Å². The van der Waals surface area contributed by atoms with Crippen molar-refractivity contribution in [3.63, 3.8) is 0 Å². The van der Waals surface area contributed by atoms with Crippen LogP contribution in [0.25, 0.3) is 0 Å². The molecule has 0 spiro atoms. The van der Waals surface area contributed by atoms with Gasteiger partial charge < -0.3 is 11.1 Å². The standard InChI is InChI=1S/C29H28N6O2S2/c1-18-8-5-6-11-20(18)25-21(16-30)27(31)35(22-12-7-13-23(36)26(22)25)28-33-34-29(39-28)38-17-24(37)32-15-14-19-9-3-2-4-10-19/h2-6,8-11,25H,7,12-15,17,31H2,1H3,(H,32,37). The number of allylic oxidation sites excluding steroid dienone is 3. The van der Waals surface area contributed by atoms with Crippen LogP contribution in [0.5, 0.6) is 0 Å². The number of nitrogens with zero attached hydrogens (tertiary/aromatic N) is 4. The average molecular weight is 557 g/mol. The third-order valence-corrected chi connectivity index (χ3v) is 8.95. The molecule has 1 amide bonds. The molecule has 5 rings (SSSR count). The maximum Gasteiger partial charge on any atom is 0.230 e. The van der Waals surface area contributed by atoms with E-state index in [0.717, 1.165) is 23.2 Å². The first kappa shape index (κ1) is 26.7. The fourth-order valence-corrected chi connectivity index (χ4v) is 6.76. The smallest absolute Gasteiger partial charge is 0.230 e. The summed E-state index contributed by atoms with van der Waals surface area (Å²) in [6.07, 6.45) is 2.55.